The van der Waals surface area contributed by atoms with E-state index in [1.807, 2.05) is 0 Å². The fourth-order valence-corrected chi connectivity index (χ4v) is 5.37. The maximum absolute atomic E-state index is 13.0. The molecule has 3 fully saturated rings. The van der Waals surface area contributed by atoms with Gasteiger partial charge in [-0.2, -0.15) is 13.5 Å². The van der Waals surface area contributed by atoms with E-state index in [2.05, 4.69) is 25.1 Å². The molecule has 1 spiro atoms. The maximum Gasteiger partial charge on any atom is 0.418 e. The Hall–Kier alpha value is -3.44. The Balaban J connectivity index is 1.47. The number of fused-ring (bicyclic) bond motifs is 3. The molecule has 3 aliphatic rings. The number of piperidine rings is 1. The standard InChI is InChI=1S/C25H38N6O10S/c1-14(12-26-19(27-20(32)38-23(2,3)4)28-21(33)39-24(5,6)7)17-10-15(29-40-17)16-11-25(8-9-25)18-13-30(16)22(34)31(18)41-42(35,36)37/h10,14,16,18H,8-9,11-13H2,1-7H3,(H,35,36,37)(H2,26,27,28,32,33)/t14-,16-,18-/m0/s1. The Morgan fingerprint density at radius 1 is 1.17 bits per heavy atom. The van der Waals surface area contributed by atoms with E-state index in [4.69, 9.17) is 14.0 Å². The summed E-state index contributed by atoms with van der Waals surface area (Å²) < 4.78 is 52.6. The van der Waals surface area contributed by atoms with Gasteiger partial charge in [0.15, 0.2) is 0 Å². The van der Waals surface area contributed by atoms with Crippen molar-refractivity contribution in [1.29, 1.82) is 0 Å². The molecule has 42 heavy (non-hydrogen) atoms. The Morgan fingerprint density at radius 2 is 1.74 bits per heavy atom. The van der Waals surface area contributed by atoms with Crippen molar-refractivity contribution < 1.29 is 45.6 Å². The fourth-order valence-electron chi connectivity index (χ4n) is 5.00. The zero-order valence-corrected chi connectivity index (χ0v) is 25.5. The summed E-state index contributed by atoms with van der Waals surface area (Å²) in [5.41, 5.74) is -1.43. The second kappa shape index (κ2) is 11.0. The van der Waals surface area contributed by atoms with E-state index in [-0.39, 0.29) is 30.4 Å². The molecule has 2 saturated heterocycles. The zero-order valence-electron chi connectivity index (χ0n) is 24.7. The Bertz CT molecular complexity index is 1330. The maximum atomic E-state index is 13.0. The Kier molecular flexibility index (Phi) is 8.25. The van der Waals surface area contributed by atoms with E-state index in [9.17, 15) is 27.4 Å². The second-order valence-corrected chi connectivity index (χ2v) is 13.9. The van der Waals surface area contributed by atoms with Crippen molar-refractivity contribution in [2.24, 2.45) is 10.4 Å². The van der Waals surface area contributed by atoms with Crippen LogP contribution < -0.4 is 10.6 Å². The predicted octanol–water partition coefficient (Wildman–Crippen LogP) is 3.25. The molecule has 16 nitrogen and oxygen atoms in total. The minimum absolute atomic E-state index is 0.0604. The monoisotopic (exact) mass is 614 g/mol. The molecule has 1 aliphatic carbocycles. The molecule has 0 radical (unpaired) electrons. The molecule has 1 aromatic heterocycles. The van der Waals surface area contributed by atoms with Gasteiger partial charge in [0, 0.05) is 18.5 Å². The third-order valence-electron chi connectivity index (χ3n) is 6.97. The molecule has 2 aliphatic heterocycles. The number of hydrogen-bond acceptors (Lipinski definition) is 11. The van der Waals surface area contributed by atoms with Gasteiger partial charge in [0.2, 0.25) is 5.96 Å². The summed E-state index contributed by atoms with van der Waals surface area (Å²) in [6.07, 6.45) is 0.428. The topological polar surface area (TPSA) is 202 Å². The van der Waals surface area contributed by atoms with Crippen LogP contribution in [0.1, 0.15) is 91.1 Å². The van der Waals surface area contributed by atoms with E-state index in [0.29, 0.717) is 17.9 Å². The fraction of sp³-hybridized carbons (Fsp3) is 0.720. The molecular formula is C25H38N6O10S. The number of aromatic nitrogens is 1. The predicted molar refractivity (Wildman–Crippen MR) is 145 cm³/mol. The van der Waals surface area contributed by atoms with Crippen LogP contribution in [0, 0.1) is 5.41 Å². The van der Waals surface area contributed by atoms with E-state index < -0.39 is 51.9 Å². The lowest BCUT2D eigenvalue weighted by Gasteiger charge is -2.35. The molecule has 1 saturated carbocycles. The Morgan fingerprint density at radius 3 is 2.24 bits per heavy atom. The van der Waals surface area contributed by atoms with Gasteiger partial charge in [0.1, 0.15) is 22.7 Å². The summed E-state index contributed by atoms with van der Waals surface area (Å²) in [5.74, 6) is -0.116. The molecule has 0 unspecified atom stereocenters. The van der Waals surface area contributed by atoms with Crippen LogP contribution in [-0.2, 0) is 24.2 Å². The summed E-state index contributed by atoms with van der Waals surface area (Å²) in [6, 6.07) is 0.0249. The molecule has 1 aromatic rings. The molecule has 3 heterocycles. The first-order valence-corrected chi connectivity index (χ1v) is 14.9. The largest absolute Gasteiger partial charge is 0.444 e. The SMILES string of the molecule is C[C@@H](CN=C(NC(=O)OC(C)(C)C)NC(=O)OC(C)(C)C)c1cc([C@@H]2CC3(CC3)[C@@H]3CN2C(=O)N3OS(=O)(=O)O)no1. The lowest BCUT2D eigenvalue weighted by molar-refractivity contribution is -0.0527. The number of rotatable bonds is 6. The van der Waals surface area contributed by atoms with Gasteiger partial charge < -0.3 is 18.9 Å². The average Bonchev–Trinajstić information content (AvgIpc) is 3.28. The molecule has 3 N–H and O–H groups in total. The number of nitrogens with one attached hydrogen (secondary N) is 2. The van der Waals surface area contributed by atoms with Crippen molar-refractivity contribution in [2.45, 2.75) is 96.9 Å². The lowest BCUT2D eigenvalue weighted by atomic mass is 9.84. The van der Waals surface area contributed by atoms with Crippen LogP contribution in [0.4, 0.5) is 14.4 Å². The van der Waals surface area contributed by atoms with Gasteiger partial charge in [-0.1, -0.05) is 12.1 Å². The molecule has 17 heteroatoms. The van der Waals surface area contributed by atoms with Crippen molar-refractivity contribution in [3.05, 3.63) is 17.5 Å². The van der Waals surface area contributed by atoms with Crippen LogP contribution in [0.15, 0.2) is 15.6 Å². The van der Waals surface area contributed by atoms with E-state index in [1.165, 1.54) is 4.90 Å². The first-order chi connectivity index (χ1) is 19.3. The molecular weight excluding hydrogens is 576 g/mol. The van der Waals surface area contributed by atoms with E-state index in [1.54, 1.807) is 54.5 Å². The van der Waals surface area contributed by atoms with E-state index >= 15 is 0 Å². The number of hydroxylamine groups is 2. The molecule has 234 valence electrons. The number of carbonyl (C=O) groups excluding carboxylic acids is 3. The summed E-state index contributed by atoms with van der Waals surface area (Å²) in [4.78, 5) is 43.5. The highest BCUT2D eigenvalue weighted by Crippen LogP contribution is 2.61. The molecule has 3 atom stereocenters. The van der Waals surface area contributed by atoms with Gasteiger partial charge in [-0.25, -0.2) is 14.4 Å². The third kappa shape index (κ3) is 7.69. The molecule has 0 aromatic carbocycles. The third-order valence-corrected chi connectivity index (χ3v) is 7.32. The smallest absolute Gasteiger partial charge is 0.418 e. The number of guanidine groups is 1. The number of alkyl carbamates (subject to hydrolysis) is 2. The molecule has 4 amide bonds. The number of aliphatic imine (C=N–C) groups is 1. The van der Waals surface area contributed by atoms with Gasteiger partial charge >= 0.3 is 28.6 Å². The van der Waals surface area contributed by atoms with Crippen molar-refractivity contribution in [3.63, 3.8) is 0 Å². The van der Waals surface area contributed by atoms with Gasteiger partial charge in [-0.3, -0.25) is 20.2 Å². The highest BCUT2D eigenvalue weighted by atomic mass is 32.3. The Labute approximate surface area is 244 Å². The minimum atomic E-state index is -4.87. The number of nitrogens with zero attached hydrogens (tertiary/aromatic N) is 4. The summed E-state index contributed by atoms with van der Waals surface area (Å²) in [5, 5.41) is 9.78. The highest BCUT2D eigenvalue weighted by Gasteiger charge is 2.64. The van der Waals surface area contributed by atoms with Crippen molar-refractivity contribution >= 4 is 34.6 Å². The first-order valence-electron chi connectivity index (χ1n) is 13.5. The number of hydrogen-bond donors (Lipinski definition) is 3. The van der Waals surface area contributed by atoms with Crippen LogP contribution in [0.2, 0.25) is 0 Å². The second-order valence-electron chi connectivity index (χ2n) is 12.9. The normalized spacial score (nSPS) is 22.0. The molecule has 2 bridgehead atoms. The van der Waals surface area contributed by atoms with Gasteiger partial charge in [-0.15, -0.1) is 4.28 Å². The van der Waals surface area contributed by atoms with Crippen LogP contribution in [0.5, 0.6) is 0 Å². The van der Waals surface area contributed by atoms with Crippen molar-refractivity contribution in [2.75, 3.05) is 13.1 Å². The van der Waals surface area contributed by atoms with Gasteiger partial charge in [0.25, 0.3) is 0 Å². The number of amides is 4. The average molecular weight is 615 g/mol. The van der Waals surface area contributed by atoms with Crippen molar-refractivity contribution in [3.8, 4) is 0 Å². The highest BCUT2D eigenvalue weighted by molar-refractivity contribution is 7.80. The van der Waals surface area contributed by atoms with Crippen LogP contribution >= 0.6 is 0 Å². The number of carbonyl (C=O) groups is 3. The first kappa shape index (κ1) is 31.5. The van der Waals surface area contributed by atoms with Gasteiger partial charge in [-0.05, 0) is 66.2 Å². The number of urea groups is 1. The zero-order chi connectivity index (χ0) is 31.3. The minimum Gasteiger partial charge on any atom is -0.444 e. The summed E-state index contributed by atoms with van der Waals surface area (Å²) in [6.45, 7) is 12.2. The van der Waals surface area contributed by atoms with Crippen LogP contribution in [-0.4, -0.2) is 82.6 Å². The van der Waals surface area contributed by atoms with Crippen molar-refractivity contribution in [1.82, 2.24) is 25.8 Å². The quantitative estimate of drug-likeness (QED) is 0.241. The molecule has 4 rings (SSSR count). The number of ether oxygens (including phenoxy) is 2. The summed E-state index contributed by atoms with van der Waals surface area (Å²) in [7, 11) is -4.87. The van der Waals surface area contributed by atoms with Crippen LogP contribution in [0.3, 0.4) is 0 Å². The van der Waals surface area contributed by atoms with Gasteiger partial charge in [0.05, 0.1) is 18.6 Å². The lowest BCUT2D eigenvalue weighted by Crippen LogP contribution is -2.47. The van der Waals surface area contributed by atoms with Crippen LogP contribution in [0.25, 0.3) is 0 Å². The van der Waals surface area contributed by atoms with E-state index in [0.717, 1.165) is 17.9 Å². The summed E-state index contributed by atoms with van der Waals surface area (Å²) >= 11 is 0.